The number of anilines is 1. The summed E-state index contributed by atoms with van der Waals surface area (Å²) in [6, 6.07) is 11.7. The van der Waals surface area contributed by atoms with Gasteiger partial charge in [0.25, 0.3) is 0 Å². The van der Waals surface area contributed by atoms with Gasteiger partial charge in [-0.15, -0.1) is 0 Å². The minimum Gasteiger partial charge on any atom is -0.490 e. The minimum atomic E-state index is -0.452. The third-order valence-corrected chi connectivity index (χ3v) is 9.71. The molecule has 2 N–H and O–H groups in total. The van der Waals surface area contributed by atoms with Crippen LogP contribution in [0.3, 0.4) is 0 Å². The molecule has 2 aliphatic heterocycles. The van der Waals surface area contributed by atoms with E-state index in [0.29, 0.717) is 36.2 Å². The zero-order valence-electron chi connectivity index (χ0n) is 22.8. The predicted molar refractivity (Wildman–Crippen MR) is 155 cm³/mol. The lowest BCUT2D eigenvalue weighted by Crippen LogP contribution is -2.51. The second kappa shape index (κ2) is 10.6. The Morgan fingerprint density at radius 1 is 1.20 bits per heavy atom. The van der Waals surface area contributed by atoms with Crippen LogP contribution in [0.4, 0.5) is 5.69 Å². The second-order valence-corrected chi connectivity index (χ2v) is 12.4. The van der Waals surface area contributed by atoms with Gasteiger partial charge < -0.3 is 10.1 Å². The van der Waals surface area contributed by atoms with Gasteiger partial charge in [-0.25, -0.2) is 0 Å². The SMILES string of the molecule is Cc1c(Br)cccc1OC1CC2(CCN(CC(=O)Nc3ccc4c(C5CCC(=O)NC5=O)nn(C)c4c3)CC2)C1. The normalized spacial score (nSPS) is 21.3. The maximum atomic E-state index is 12.9. The molecule has 3 fully saturated rings. The van der Waals surface area contributed by atoms with Gasteiger partial charge in [-0.3, -0.25) is 29.3 Å². The number of ether oxygens (including phenoxy) is 1. The van der Waals surface area contributed by atoms with Gasteiger partial charge in [0.2, 0.25) is 17.7 Å². The molecular formula is C30H34BrN5O4. The van der Waals surface area contributed by atoms with Gasteiger partial charge in [-0.05, 0) is 87.9 Å². The average Bonchev–Trinajstić information content (AvgIpc) is 3.22. The molecule has 3 amide bonds. The number of aromatic nitrogens is 2. The van der Waals surface area contributed by atoms with Crippen LogP contribution in [0.25, 0.3) is 10.9 Å². The molecule has 1 aromatic heterocycles. The van der Waals surface area contributed by atoms with Crippen LogP contribution in [-0.4, -0.2) is 58.1 Å². The second-order valence-electron chi connectivity index (χ2n) is 11.6. The number of rotatable bonds is 6. The third-order valence-electron chi connectivity index (χ3n) is 8.85. The molecule has 1 saturated carbocycles. The molecule has 1 spiro atoms. The molecule has 1 aliphatic carbocycles. The van der Waals surface area contributed by atoms with Crippen molar-refractivity contribution in [3.05, 3.63) is 52.1 Å². The summed E-state index contributed by atoms with van der Waals surface area (Å²) in [4.78, 5) is 39.1. The topological polar surface area (TPSA) is 106 Å². The summed E-state index contributed by atoms with van der Waals surface area (Å²) in [5, 5.41) is 10.9. The Kier molecular flexibility index (Phi) is 7.16. The summed E-state index contributed by atoms with van der Waals surface area (Å²) in [7, 11) is 1.82. The first-order chi connectivity index (χ1) is 19.2. The molecule has 3 aromatic rings. The lowest BCUT2D eigenvalue weighted by atomic mass is 9.61. The predicted octanol–water partition coefficient (Wildman–Crippen LogP) is 4.43. The lowest BCUT2D eigenvalue weighted by Gasteiger charge is -2.51. The molecule has 1 atom stereocenters. The highest BCUT2D eigenvalue weighted by molar-refractivity contribution is 9.10. The van der Waals surface area contributed by atoms with Crippen molar-refractivity contribution in [2.45, 2.75) is 57.5 Å². The lowest BCUT2D eigenvalue weighted by molar-refractivity contribution is -0.134. The number of aryl methyl sites for hydroxylation is 1. The number of carbonyl (C=O) groups excluding carboxylic acids is 3. The average molecular weight is 609 g/mol. The highest BCUT2D eigenvalue weighted by Gasteiger charge is 2.47. The van der Waals surface area contributed by atoms with E-state index in [-0.39, 0.29) is 23.8 Å². The number of nitrogens with zero attached hydrogens (tertiary/aromatic N) is 3. The molecule has 6 rings (SSSR count). The fourth-order valence-corrected chi connectivity index (χ4v) is 6.80. The number of halogens is 1. The highest BCUT2D eigenvalue weighted by atomic mass is 79.9. The van der Waals surface area contributed by atoms with Crippen molar-refractivity contribution < 1.29 is 19.1 Å². The van der Waals surface area contributed by atoms with Crippen molar-refractivity contribution in [3.8, 4) is 5.75 Å². The number of nitrogens with one attached hydrogen (secondary N) is 2. The Balaban J connectivity index is 1.01. The van der Waals surface area contributed by atoms with Crippen molar-refractivity contribution >= 4 is 50.2 Å². The first-order valence-corrected chi connectivity index (χ1v) is 14.7. The smallest absolute Gasteiger partial charge is 0.238 e. The van der Waals surface area contributed by atoms with Crippen molar-refractivity contribution in [1.29, 1.82) is 0 Å². The molecule has 9 nitrogen and oxygen atoms in total. The zero-order chi connectivity index (χ0) is 28.0. The summed E-state index contributed by atoms with van der Waals surface area (Å²) in [6.07, 6.45) is 5.34. The molecule has 2 saturated heterocycles. The third kappa shape index (κ3) is 5.26. The monoisotopic (exact) mass is 607 g/mol. The van der Waals surface area contributed by atoms with E-state index in [9.17, 15) is 14.4 Å². The molecule has 1 unspecified atom stereocenters. The fraction of sp³-hybridized carbons (Fsp3) is 0.467. The number of hydrogen-bond donors (Lipinski definition) is 2. The summed E-state index contributed by atoms with van der Waals surface area (Å²) in [5.74, 6) is -0.0802. The maximum Gasteiger partial charge on any atom is 0.238 e. The first-order valence-electron chi connectivity index (χ1n) is 13.9. The van der Waals surface area contributed by atoms with Gasteiger partial charge >= 0.3 is 0 Å². The van der Waals surface area contributed by atoms with Crippen molar-refractivity contribution in [2.24, 2.45) is 12.5 Å². The summed E-state index contributed by atoms with van der Waals surface area (Å²) < 4.78 is 9.08. The summed E-state index contributed by atoms with van der Waals surface area (Å²) >= 11 is 3.58. The quantitative estimate of drug-likeness (QED) is 0.402. The Bertz CT molecular complexity index is 1480. The maximum absolute atomic E-state index is 12.9. The molecule has 3 aliphatic rings. The molecule has 210 valence electrons. The van der Waals surface area contributed by atoms with Crippen LogP contribution < -0.4 is 15.4 Å². The van der Waals surface area contributed by atoms with E-state index < -0.39 is 5.92 Å². The van der Waals surface area contributed by atoms with E-state index in [1.165, 1.54) is 0 Å². The Hall–Kier alpha value is -3.24. The van der Waals surface area contributed by atoms with Crippen LogP contribution in [0.1, 0.15) is 55.7 Å². The number of fused-ring (bicyclic) bond motifs is 1. The number of amides is 3. The van der Waals surface area contributed by atoms with Gasteiger partial charge in [0.1, 0.15) is 5.75 Å². The van der Waals surface area contributed by atoms with E-state index >= 15 is 0 Å². The van der Waals surface area contributed by atoms with Gasteiger partial charge in [0.05, 0.1) is 29.8 Å². The standard InChI is InChI=1S/C30H34BrN5O4/c1-18-23(31)4-3-5-25(18)40-20-15-30(16-20)10-12-36(13-11-30)17-27(38)32-19-6-7-21-24(14-19)35(2)34-28(21)22-8-9-26(37)33-29(22)39/h3-7,14,20,22H,8-13,15-17H2,1-2H3,(H,32,38)(H,33,37,39). The molecule has 0 bridgehead atoms. The number of likely N-dealkylation sites (tertiary alicyclic amines) is 1. The Morgan fingerprint density at radius 3 is 2.73 bits per heavy atom. The van der Waals surface area contributed by atoms with Crippen LogP contribution in [0.2, 0.25) is 0 Å². The van der Waals surface area contributed by atoms with Crippen molar-refractivity contribution in [1.82, 2.24) is 20.0 Å². The minimum absolute atomic E-state index is 0.0391. The number of benzene rings is 2. The Labute approximate surface area is 241 Å². The van der Waals surface area contributed by atoms with Gasteiger partial charge in [-0.2, -0.15) is 5.10 Å². The van der Waals surface area contributed by atoms with Crippen LogP contribution in [0.15, 0.2) is 40.9 Å². The molecule has 0 radical (unpaired) electrons. The van der Waals surface area contributed by atoms with E-state index in [1.54, 1.807) is 4.68 Å². The van der Waals surface area contributed by atoms with E-state index in [1.807, 2.05) is 43.4 Å². The highest BCUT2D eigenvalue weighted by Crippen LogP contribution is 2.50. The molecule has 10 heteroatoms. The van der Waals surface area contributed by atoms with Gasteiger partial charge in [0.15, 0.2) is 0 Å². The largest absolute Gasteiger partial charge is 0.490 e. The van der Waals surface area contributed by atoms with E-state index in [2.05, 4.69) is 43.5 Å². The molecule has 40 heavy (non-hydrogen) atoms. The molecule has 3 heterocycles. The van der Waals surface area contributed by atoms with Crippen LogP contribution in [0.5, 0.6) is 5.75 Å². The van der Waals surface area contributed by atoms with Crippen LogP contribution in [0, 0.1) is 12.3 Å². The number of piperidine rings is 2. The van der Waals surface area contributed by atoms with E-state index in [4.69, 9.17) is 4.74 Å². The van der Waals surface area contributed by atoms with Crippen molar-refractivity contribution in [2.75, 3.05) is 25.0 Å². The first kappa shape index (κ1) is 27.0. The van der Waals surface area contributed by atoms with Gasteiger partial charge in [-0.1, -0.05) is 22.0 Å². The van der Waals surface area contributed by atoms with Gasteiger partial charge in [0, 0.05) is 34.6 Å². The summed E-state index contributed by atoms with van der Waals surface area (Å²) in [6.45, 7) is 4.25. The van der Waals surface area contributed by atoms with Crippen molar-refractivity contribution in [3.63, 3.8) is 0 Å². The van der Waals surface area contributed by atoms with Crippen LogP contribution >= 0.6 is 15.9 Å². The number of hydrogen-bond acceptors (Lipinski definition) is 6. The molecular weight excluding hydrogens is 574 g/mol. The van der Waals surface area contributed by atoms with E-state index in [0.717, 1.165) is 65.5 Å². The number of carbonyl (C=O) groups is 3. The summed E-state index contributed by atoms with van der Waals surface area (Å²) in [5.41, 5.74) is 3.67. The number of imide groups is 1. The van der Waals surface area contributed by atoms with Crippen LogP contribution in [-0.2, 0) is 21.4 Å². The molecule has 2 aromatic carbocycles. The zero-order valence-corrected chi connectivity index (χ0v) is 24.4. The fourth-order valence-electron chi connectivity index (χ4n) is 6.46. The Morgan fingerprint density at radius 2 is 1.98 bits per heavy atom.